The summed E-state index contributed by atoms with van der Waals surface area (Å²) in [5.74, 6) is 0.286. The van der Waals surface area contributed by atoms with Crippen LogP contribution in [0.2, 0.25) is 0 Å². The van der Waals surface area contributed by atoms with Crippen LogP contribution in [-0.4, -0.2) is 19.7 Å². The first-order chi connectivity index (χ1) is 6.69. The van der Waals surface area contributed by atoms with Crippen molar-refractivity contribution < 1.29 is 14.3 Å². The highest BCUT2D eigenvalue weighted by molar-refractivity contribution is 9.10. The molecule has 0 aliphatic carbocycles. The van der Waals surface area contributed by atoms with Gasteiger partial charge in [0.2, 0.25) is 0 Å². The number of ether oxygens (including phenoxy) is 2. The second-order valence-corrected chi connectivity index (χ2v) is 3.42. The van der Waals surface area contributed by atoms with Crippen molar-refractivity contribution in [3.63, 3.8) is 0 Å². The van der Waals surface area contributed by atoms with Gasteiger partial charge in [-0.25, -0.2) is 4.79 Å². The molecule has 0 heterocycles. The number of rotatable bonds is 3. The Balaban J connectivity index is 2.94. The van der Waals surface area contributed by atoms with Gasteiger partial charge in [-0.1, -0.05) is 0 Å². The van der Waals surface area contributed by atoms with Crippen molar-refractivity contribution in [2.24, 2.45) is 0 Å². The normalized spacial score (nSPS) is 9.64. The fourth-order valence-electron chi connectivity index (χ4n) is 1.00. The summed E-state index contributed by atoms with van der Waals surface area (Å²) >= 11 is 3.30. The molecule has 0 amide bonds. The first-order valence-electron chi connectivity index (χ1n) is 4.19. The average molecular weight is 259 g/mol. The van der Waals surface area contributed by atoms with E-state index in [1.165, 1.54) is 0 Å². The number of hydrogen-bond donors (Lipinski definition) is 0. The fraction of sp³-hybridized carbons (Fsp3) is 0.300. The minimum absolute atomic E-state index is 0.335. The van der Waals surface area contributed by atoms with E-state index in [-0.39, 0.29) is 5.97 Å². The molecule has 14 heavy (non-hydrogen) atoms. The standard InChI is InChI=1S/C10H11BrO3/c1-3-14-10(12)7-4-5-8(11)9(6-7)13-2/h4-6H,3H2,1-2H3. The zero-order chi connectivity index (χ0) is 10.6. The van der Waals surface area contributed by atoms with Crippen LogP contribution >= 0.6 is 15.9 Å². The molecule has 1 aromatic carbocycles. The third kappa shape index (κ3) is 2.48. The summed E-state index contributed by atoms with van der Waals surface area (Å²) in [5.41, 5.74) is 0.493. The lowest BCUT2D eigenvalue weighted by Gasteiger charge is -2.05. The Hall–Kier alpha value is -1.03. The third-order valence-corrected chi connectivity index (χ3v) is 2.32. The Kier molecular flexibility index (Phi) is 3.95. The molecule has 0 N–H and O–H groups in total. The van der Waals surface area contributed by atoms with Gasteiger partial charge in [-0.05, 0) is 41.1 Å². The molecule has 3 nitrogen and oxygen atoms in total. The molecule has 0 unspecified atom stereocenters. The predicted molar refractivity (Wildman–Crippen MR) is 56.7 cm³/mol. The lowest BCUT2D eigenvalue weighted by molar-refractivity contribution is 0.0526. The molecule has 1 rings (SSSR count). The lowest BCUT2D eigenvalue weighted by atomic mass is 10.2. The van der Waals surface area contributed by atoms with Gasteiger partial charge >= 0.3 is 5.97 Å². The van der Waals surface area contributed by atoms with E-state index in [9.17, 15) is 4.79 Å². The smallest absolute Gasteiger partial charge is 0.338 e. The van der Waals surface area contributed by atoms with Crippen LogP contribution in [0.3, 0.4) is 0 Å². The largest absolute Gasteiger partial charge is 0.496 e. The van der Waals surface area contributed by atoms with E-state index in [0.29, 0.717) is 17.9 Å². The minimum Gasteiger partial charge on any atom is -0.496 e. The van der Waals surface area contributed by atoms with Gasteiger partial charge < -0.3 is 9.47 Å². The molecule has 0 saturated heterocycles. The first-order valence-corrected chi connectivity index (χ1v) is 4.99. The first kappa shape index (κ1) is 11.0. The van der Waals surface area contributed by atoms with Gasteiger partial charge in [0.25, 0.3) is 0 Å². The van der Waals surface area contributed by atoms with Crippen LogP contribution in [0.15, 0.2) is 22.7 Å². The molecule has 0 radical (unpaired) electrons. The van der Waals surface area contributed by atoms with Crippen molar-refractivity contribution in [2.45, 2.75) is 6.92 Å². The number of esters is 1. The Bertz CT molecular complexity index is 336. The maximum Gasteiger partial charge on any atom is 0.338 e. The molecule has 0 aromatic heterocycles. The second-order valence-electron chi connectivity index (χ2n) is 2.57. The second kappa shape index (κ2) is 5.00. The fourth-order valence-corrected chi connectivity index (χ4v) is 1.41. The zero-order valence-electron chi connectivity index (χ0n) is 8.04. The van der Waals surface area contributed by atoms with E-state index < -0.39 is 0 Å². The van der Waals surface area contributed by atoms with E-state index in [0.717, 1.165) is 4.47 Å². The van der Waals surface area contributed by atoms with E-state index in [4.69, 9.17) is 9.47 Å². The molecule has 0 bridgehead atoms. The summed E-state index contributed by atoms with van der Waals surface area (Å²) in [6.07, 6.45) is 0. The van der Waals surface area contributed by atoms with Gasteiger partial charge in [0.1, 0.15) is 5.75 Å². The molecule has 0 aliphatic heterocycles. The van der Waals surface area contributed by atoms with Crippen molar-refractivity contribution in [3.05, 3.63) is 28.2 Å². The van der Waals surface area contributed by atoms with Crippen LogP contribution in [0.1, 0.15) is 17.3 Å². The van der Waals surface area contributed by atoms with Crippen molar-refractivity contribution >= 4 is 21.9 Å². The van der Waals surface area contributed by atoms with Crippen LogP contribution in [0, 0.1) is 0 Å². The molecule has 0 aliphatic rings. The summed E-state index contributed by atoms with van der Waals surface area (Å²) in [6, 6.07) is 5.08. The zero-order valence-corrected chi connectivity index (χ0v) is 9.63. The van der Waals surface area contributed by atoms with E-state index in [1.54, 1.807) is 32.2 Å². The summed E-state index contributed by atoms with van der Waals surface area (Å²) in [6.45, 7) is 2.14. The topological polar surface area (TPSA) is 35.5 Å². The van der Waals surface area contributed by atoms with Gasteiger partial charge in [0.05, 0.1) is 23.8 Å². The Morgan fingerprint density at radius 2 is 2.21 bits per heavy atom. The van der Waals surface area contributed by atoms with Crippen LogP contribution in [0.5, 0.6) is 5.75 Å². The molecule has 0 spiro atoms. The number of carbonyl (C=O) groups is 1. The number of benzene rings is 1. The number of halogens is 1. The molecular weight excluding hydrogens is 248 g/mol. The molecule has 1 aromatic rings. The van der Waals surface area contributed by atoms with E-state index in [1.807, 2.05) is 0 Å². The van der Waals surface area contributed by atoms with Crippen molar-refractivity contribution in [1.29, 1.82) is 0 Å². The Morgan fingerprint density at radius 1 is 1.50 bits per heavy atom. The van der Waals surface area contributed by atoms with Crippen LogP contribution in [-0.2, 0) is 4.74 Å². The van der Waals surface area contributed by atoms with Gasteiger partial charge in [-0.3, -0.25) is 0 Å². The lowest BCUT2D eigenvalue weighted by Crippen LogP contribution is -2.04. The average Bonchev–Trinajstić information content (AvgIpc) is 2.19. The van der Waals surface area contributed by atoms with Gasteiger partial charge in [0, 0.05) is 0 Å². The number of hydrogen-bond acceptors (Lipinski definition) is 3. The molecule has 76 valence electrons. The van der Waals surface area contributed by atoms with E-state index in [2.05, 4.69) is 15.9 Å². The highest BCUT2D eigenvalue weighted by atomic mass is 79.9. The highest BCUT2D eigenvalue weighted by Crippen LogP contribution is 2.25. The van der Waals surface area contributed by atoms with Crippen LogP contribution in [0.4, 0.5) is 0 Å². The molecule has 0 atom stereocenters. The summed E-state index contributed by atoms with van der Waals surface area (Å²) in [7, 11) is 1.55. The maximum absolute atomic E-state index is 11.3. The molecule has 4 heteroatoms. The number of carbonyl (C=O) groups excluding carboxylic acids is 1. The third-order valence-electron chi connectivity index (χ3n) is 1.66. The summed E-state index contributed by atoms with van der Waals surface area (Å²) in [4.78, 5) is 11.3. The quantitative estimate of drug-likeness (QED) is 0.783. The molecular formula is C10H11BrO3. The predicted octanol–water partition coefficient (Wildman–Crippen LogP) is 2.63. The SMILES string of the molecule is CCOC(=O)c1ccc(Br)c(OC)c1. The van der Waals surface area contributed by atoms with Crippen LogP contribution < -0.4 is 4.74 Å². The highest BCUT2D eigenvalue weighted by Gasteiger charge is 2.09. The van der Waals surface area contributed by atoms with Crippen LogP contribution in [0.25, 0.3) is 0 Å². The van der Waals surface area contributed by atoms with Crippen molar-refractivity contribution in [2.75, 3.05) is 13.7 Å². The van der Waals surface area contributed by atoms with Gasteiger partial charge in [0.15, 0.2) is 0 Å². The maximum atomic E-state index is 11.3. The van der Waals surface area contributed by atoms with Gasteiger partial charge in [-0.2, -0.15) is 0 Å². The van der Waals surface area contributed by atoms with Crippen molar-refractivity contribution in [3.8, 4) is 5.75 Å². The Labute approximate surface area is 91.1 Å². The van der Waals surface area contributed by atoms with Crippen molar-refractivity contribution in [1.82, 2.24) is 0 Å². The number of methoxy groups -OCH3 is 1. The Morgan fingerprint density at radius 3 is 2.79 bits per heavy atom. The van der Waals surface area contributed by atoms with E-state index >= 15 is 0 Å². The summed E-state index contributed by atoms with van der Waals surface area (Å²) in [5, 5.41) is 0. The molecule has 0 saturated carbocycles. The monoisotopic (exact) mass is 258 g/mol. The van der Waals surface area contributed by atoms with Gasteiger partial charge in [-0.15, -0.1) is 0 Å². The molecule has 0 fully saturated rings. The minimum atomic E-state index is -0.335. The summed E-state index contributed by atoms with van der Waals surface area (Å²) < 4.78 is 10.7.